The highest BCUT2D eigenvalue weighted by Gasteiger charge is 2.17. The molecule has 0 aliphatic carbocycles. The summed E-state index contributed by atoms with van der Waals surface area (Å²) < 4.78 is 15.2. The van der Waals surface area contributed by atoms with E-state index in [1.807, 2.05) is 0 Å². The Morgan fingerprint density at radius 1 is 1.45 bits per heavy atom. The van der Waals surface area contributed by atoms with Crippen molar-refractivity contribution in [2.24, 2.45) is 0 Å². The molecule has 8 nitrogen and oxygen atoms in total. The number of benzene rings is 1. The second-order valence-electron chi connectivity index (χ2n) is 3.38. The highest BCUT2D eigenvalue weighted by Crippen LogP contribution is 2.27. The number of hydrogen-bond acceptors (Lipinski definition) is 7. The fraction of sp³-hybridized carbons (Fsp3) is 0. The molecule has 0 atom stereocenters. The van der Waals surface area contributed by atoms with Crippen LogP contribution in [0.15, 0.2) is 30.5 Å². The third-order valence-corrected chi connectivity index (χ3v) is 3.30. The minimum atomic E-state index is -0.597. The lowest BCUT2D eigenvalue weighted by atomic mass is 10.2. The van der Waals surface area contributed by atoms with E-state index in [9.17, 15) is 19.5 Å². The van der Waals surface area contributed by atoms with Gasteiger partial charge in [-0.15, -0.1) is 0 Å². The number of para-hydroxylation sites is 1. The number of nitrogens with one attached hydrogen (secondary N) is 1. The van der Waals surface area contributed by atoms with Gasteiger partial charge in [0.25, 0.3) is 5.91 Å². The number of nitrogens with zero attached hydrogens (tertiary/aromatic N) is 2. The molecule has 2 rings (SSSR count). The van der Waals surface area contributed by atoms with Gasteiger partial charge < -0.3 is 4.52 Å². The smallest absolute Gasteiger partial charge is 0.395 e. The Balaban J connectivity index is 2.19. The van der Waals surface area contributed by atoms with E-state index >= 15 is 0 Å². The number of nitro groups is 1. The van der Waals surface area contributed by atoms with Crippen molar-refractivity contribution in [1.82, 2.24) is 4.98 Å². The normalized spacial score (nSPS) is 10.2. The first kappa shape index (κ1) is 14.0. The van der Waals surface area contributed by atoms with E-state index in [-0.39, 0.29) is 21.4 Å². The van der Waals surface area contributed by atoms with Crippen LogP contribution in [0.5, 0.6) is 5.75 Å². The maximum atomic E-state index is 12.0. The number of rotatable bonds is 5. The zero-order valence-corrected chi connectivity index (χ0v) is 11.4. The number of thiazole rings is 1. The van der Waals surface area contributed by atoms with Crippen LogP contribution in [0.2, 0.25) is 0 Å². The lowest BCUT2D eigenvalue weighted by Gasteiger charge is -2.05. The number of anilines is 1. The molecule has 0 bridgehead atoms. The second-order valence-corrected chi connectivity index (χ2v) is 4.72. The number of hydrogen-bond donors (Lipinski definition) is 1. The molecule has 0 saturated carbocycles. The first-order valence-corrected chi connectivity index (χ1v) is 6.67. The lowest BCUT2D eigenvalue weighted by Crippen LogP contribution is -2.12. The molecule has 102 valence electrons. The summed E-state index contributed by atoms with van der Waals surface area (Å²) in [7, 11) is -0.586. The number of carbonyl (C=O) groups excluding carboxylic acids is 1. The summed E-state index contributed by atoms with van der Waals surface area (Å²) in [6.45, 7) is 0. The van der Waals surface area contributed by atoms with Crippen molar-refractivity contribution in [3.63, 3.8) is 0 Å². The third-order valence-electron chi connectivity index (χ3n) is 2.16. The number of amides is 1. The monoisotopic (exact) mass is 311 g/mol. The van der Waals surface area contributed by atoms with Crippen molar-refractivity contribution in [1.29, 1.82) is 0 Å². The van der Waals surface area contributed by atoms with Crippen LogP contribution in [-0.4, -0.2) is 15.8 Å². The topological polar surface area (TPSA) is 111 Å². The van der Waals surface area contributed by atoms with E-state index in [0.717, 1.165) is 17.5 Å². The van der Waals surface area contributed by atoms with Crippen molar-refractivity contribution < 1.29 is 18.8 Å². The van der Waals surface area contributed by atoms with Gasteiger partial charge in [0.1, 0.15) is 11.9 Å². The first-order chi connectivity index (χ1) is 9.61. The Kier molecular flexibility index (Phi) is 4.34. The fourth-order valence-electron chi connectivity index (χ4n) is 1.35. The summed E-state index contributed by atoms with van der Waals surface area (Å²) in [6.07, 6.45) is 1.05. The molecule has 0 saturated heterocycles. The van der Waals surface area contributed by atoms with Crippen molar-refractivity contribution in [2.75, 3.05) is 5.32 Å². The van der Waals surface area contributed by atoms with Crippen molar-refractivity contribution >= 4 is 36.1 Å². The van der Waals surface area contributed by atoms with Crippen molar-refractivity contribution in [3.05, 3.63) is 46.1 Å². The molecule has 10 heteroatoms. The van der Waals surface area contributed by atoms with E-state index in [0.29, 0.717) is 0 Å². The summed E-state index contributed by atoms with van der Waals surface area (Å²) in [5.74, 6) is -0.429. The molecule has 0 spiro atoms. The molecule has 0 radical (unpaired) electrons. The summed E-state index contributed by atoms with van der Waals surface area (Å²) in [5, 5.41) is 12.8. The zero-order valence-electron chi connectivity index (χ0n) is 9.68. The largest absolute Gasteiger partial charge is 0.407 e. The van der Waals surface area contributed by atoms with Gasteiger partial charge >= 0.3 is 13.7 Å². The molecular formula is C10H6N3O5PS. The summed E-state index contributed by atoms with van der Waals surface area (Å²) in [6, 6.07) is 6.17. The summed E-state index contributed by atoms with van der Waals surface area (Å²) >= 11 is 0.737. The van der Waals surface area contributed by atoms with Gasteiger partial charge in [0.2, 0.25) is 0 Å². The van der Waals surface area contributed by atoms with Crippen molar-refractivity contribution in [2.45, 2.75) is 0 Å². The predicted molar refractivity (Wildman–Crippen MR) is 71.4 cm³/mol. The third kappa shape index (κ3) is 3.14. The van der Waals surface area contributed by atoms with Crippen LogP contribution in [0.25, 0.3) is 0 Å². The molecule has 20 heavy (non-hydrogen) atoms. The molecule has 0 fully saturated rings. The summed E-state index contributed by atoms with van der Waals surface area (Å²) in [4.78, 5) is 25.6. The average Bonchev–Trinajstić information content (AvgIpc) is 2.88. The number of aromatic nitrogens is 1. The van der Waals surface area contributed by atoms with Gasteiger partial charge in [0.15, 0.2) is 5.13 Å². The molecule has 2 aromatic rings. The van der Waals surface area contributed by atoms with Gasteiger partial charge in [-0.05, 0) is 23.5 Å². The van der Waals surface area contributed by atoms with E-state index in [4.69, 9.17) is 4.52 Å². The molecule has 1 heterocycles. The molecular weight excluding hydrogens is 305 g/mol. The first-order valence-electron chi connectivity index (χ1n) is 5.12. The molecule has 0 unspecified atom stereocenters. The highest BCUT2D eigenvalue weighted by molar-refractivity contribution is 7.18. The van der Waals surface area contributed by atoms with E-state index < -0.39 is 19.5 Å². The Hall–Kier alpha value is -2.38. The molecule has 1 amide bonds. The SMILES string of the molecule is O=POc1ccccc1C(=O)Nc1ncc([N+](=O)[O-])s1. The molecule has 1 aromatic heterocycles. The van der Waals surface area contributed by atoms with Crippen LogP contribution in [0, 0.1) is 10.1 Å². The molecule has 1 N–H and O–H groups in total. The minimum Gasteiger partial charge on any atom is -0.407 e. The fourth-order valence-corrected chi connectivity index (χ4v) is 2.21. The highest BCUT2D eigenvalue weighted by atomic mass is 32.1. The lowest BCUT2D eigenvalue weighted by molar-refractivity contribution is -0.380. The van der Waals surface area contributed by atoms with Crippen LogP contribution >= 0.6 is 20.0 Å². The Morgan fingerprint density at radius 2 is 2.20 bits per heavy atom. The zero-order chi connectivity index (χ0) is 14.5. The predicted octanol–water partition coefficient (Wildman–Crippen LogP) is 2.89. The standard InChI is InChI=1S/C10H6N3O5PS/c14-9(6-3-1-2-4-7(6)18-19-17)12-10-11-5-8(20-10)13(15)16/h1-5H,(H,11,12,14). The number of carbonyl (C=O) groups is 1. The van der Waals surface area contributed by atoms with E-state index in [1.165, 1.54) is 12.1 Å². The Labute approximate surface area is 117 Å². The van der Waals surface area contributed by atoms with E-state index in [1.54, 1.807) is 12.1 Å². The Bertz CT molecular complexity index is 674. The maximum Gasteiger partial charge on any atom is 0.395 e. The molecule has 0 aliphatic rings. The van der Waals surface area contributed by atoms with Gasteiger partial charge in [-0.1, -0.05) is 12.1 Å². The van der Waals surface area contributed by atoms with Gasteiger partial charge in [-0.3, -0.25) is 20.2 Å². The average molecular weight is 311 g/mol. The van der Waals surface area contributed by atoms with Crippen LogP contribution in [0.4, 0.5) is 10.1 Å². The summed E-state index contributed by atoms with van der Waals surface area (Å²) in [5.41, 5.74) is 0.147. The van der Waals surface area contributed by atoms with Crippen LogP contribution in [0.3, 0.4) is 0 Å². The molecule has 1 aromatic carbocycles. The van der Waals surface area contributed by atoms with Gasteiger partial charge in [-0.25, -0.2) is 9.55 Å². The quantitative estimate of drug-likeness (QED) is 0.516. The maximum absolute atomic E-state index is 12.0. The van der Waals surface area contributed by atoms with E-state index in [2.05, 4.69) is 10.3 Å². The second kappa shape index (κ2) is 6.18. The van der Waals surface area contributed by atoms with Crippen LogP contribution in [0.1, 0.15) is 10.4 Å². The van der Waals surface area contributed by atoms with Crippen LogP contribution in [-0.2, 0) is 4.57 Å². The van der Waals surface area contributed by atoms with Gasteiger partial charge in [-0.2, -0.15) is 0 Å². The van der Waals surface area contributed by atoms with Crippen molar-refractivity contribution in [3.8, 4) is 5.75 Å². The van der Waals surface area contributed by atoms with Crippen LogP contribution < -0.4 is 9.84 Å². The minimum absolute atomic E-state index is 0.0937. The Morgan fingerprint density at radius 3 is 2.85 bits per heavy atom. The van der Waals surface area contributed by atoms with Gasteiger partial charge in [0.05, 0.1) is 10.5 Å². The molecule has 0 aliphatic heterocycles. The van der Waals surface area contributed by atoms with Gasteiger partial charge in [0, 0.05) is 0 Å².